The van der Waals surface area contributed by atoms with E-state index in [1.165, 1.54) is 16.8 Å². The quantitative estimate of drug-likeness (QED) is 0.577. The Bertz CT molecular complexity index is 1030. The highest BCUT2D eigenvalue weighted by Crippen LogP contribution is 2.35. The molecule has 1 amide bonds. The second kappa shape index (κ2) is 9.44. The van der Waals surface area contributed by atoms with Gasteiger partial charge in [0.25, 0.3) is 0 Å². The smallest absolute Gasteiger partial charge is 0.224 e. The average molecular weight is 434 g/mol. The molecule has 1 atom stereocenters. The third-order valence-corrected chi connectivity index (χ3v) is 6.12. The number of anilines is 2. The standard InChI is InChI=1S/C26H28ClN3O/c1-29(2)23-13-9-21(10-14-23)25(30-16-15-20-5-3-4-6-24(20)30)18-28-26(31)17-19-7-11-22(27)12-8-19/h3-14,25H,15-18H2,1-2H3,(H,28,31)/t25-/m0/s1. The lowest BCUT2D eigenvalue weighted by atomic mass is 10.0. The molecule has 0 unspecified atom stereocenters. The van der Waals surface area contributed by atoms with Gasteiger partial charge in [0, 0.05) is 43.6 Å². The zero-order valence-electron chi connectivity index (χ0n) is 18.0. The van der Waals surface area contributed by atoms with E-state index in [0.717, 1.165) is 24.2 Å². The van der Waals surface area contributed by atoms with E-state index in [0.29, 0.717) is 18.0 Å². The SMILES string of the molecule is CN(C)c1ccc([C@H](CNC(=O)Cc2ccc(Cl)cc2)N2CCc3ccccc32)cc1. The van der Waals surface area contributed by atoms with Crippen molar-refractivity contribution < 1.29 is 4.79 Å². The summed E-state index contributed by atoms with van der Waals surface area (Å²) in [7, 11) is 4.08. The Morgan fingerprint density at radius 2 is 1.74 bits per heavy atom. The van der Waals surface area contributed by atoms with Crippen molar-refractivity contribution in [1.29, 1.82) is 0 Å². The summed E-state index contributed by atoms with van der Waals surface area (Å²) in [6.45, 7) is 1.51. The Labute approximate surface area is 189 Å². The maximum absolute atomic E-state index is 12.7. The van der Waals surface area contributed by atoms with Crippen molar-refractivity contribution in [2.75, 3.05) is 37.0 Å². The number of halogens is 1. The monoisotopic (exact) mass is 433 g/mol. The molecule has 0 aromatic heterocycles. The van der Waals surface area contributed by atoms with Crippen molar-refractivity contribution >= 4 is 28.9 Å². The van der Waals surface area contributed by atoms with Crippen LogP contribution < -0.4 is 15.1 Å². The summed E-state index contributed by atoms with van der Waals surface area (Å²) in [4.78, 5) is 17.2. The van der Waals surface area contributed by atoms with Crippen molar-refractivity contribution in [2.45, 2.75) is 18.9 Å². The number of nitrogens with one attached hydrogen (secondary N) is 1. The van der Waals surface area contributed by atoms with Gasteiger partial charge in [-0.2, -0.15) is 0 Å². The van der Waals surface area contributed by atoms with Crippen LogP contribution in [0.4, 0.5) is 11.4 Å². The second-order valence-corrected chi connectivity index (χ2v) is 8.62. The van der Waals surface area contributed by atoms with Crippen LogP contribution in [0.2, 0.25) is 5.02 Å². The van der Waals surface area contributed by atoms with Crippen molar-refractivity contribution in [1.82, 2.24) is 5.32 Å². The summed E-state index contributed by atoms with van der Waals surface area (Å²) >= 11 is 5.95. The minimum Gasteiger partial charge on any atom is -0.378 e. The lowest BCUT2D eigenvalue weighted by Gasteiger charge is -2.31. The Hall–Kier alpha value is -2.98. The number of amides is 1. The molecule has 1 aliphatic rings. The van der Waals surface area contributed by atoms with Gasteiger partial charge in [0.2, 0.25) is 5.91 Å². The topological polar surface area (TPSA) is 35.6 Å². The minimum atomic E-state index is 0.0183. The van der Waals surface area contributed by atoms with Gasteiger partial charge in [-0.3, -0.25) is 4.79 Å². The van der Waals surface area contributed by atoms with Gasteiger partial charge < -0.3 is 15.1 Å². The predicted octanol–water partition coefficient (Wildman–Crippen LogP) is 4.87. The first-order chi connectivity index (χ1) is 15.0. The van der Waals surface area contributed by atoms with E-state index in [9.17, 15) is 4.79 Å². The van der Waals surface area contributed by atoms with Crippen LogP contribution in [0.15, 0.2) is 72.8 Å². The fourth-order valence-corrected chi connectivity index (χ4v) is 4.28. The number of benzene rings is 3. The molecule has 0 spiro atoms. The zero-order valence-corrected chi connectivity index (χ0v) is 18.8. The van der Waals surface area contributed by atoms with Crippen molar-refractivity contribution in [2.24, 2.45) is 0 Å². The highest BCUT2D eigenvalue weighted by atomic mass is 35.5. The van der Waals surface area contributed by atoms with E-state index in [1.807, 2.05) is 38.4 Å². The maximum Gasteiger partial charge on any atom is 0.224 e. The van der Waals surface area contributed by atoms with Crippen LogP contribution >= 0.6 is 11.6 Å². The molecule has 0 radical (unpaired) electrons. The second-order valence-electron chi connectivity index (χ2n) is 8.18. The Morgan fingerprint density at radius 3 is 2.45 bits per heavy atom. The predicted molar refractivity (Wildman–Crippen MR) is 129 cm³/mol. The minimum absolute atomic E-state index is 0.0183. The normalized spacial score (nSPS) is 13.6. The van der Waals surface area contributed by atoms with Crippen LogP contribution in [0.5, 0.6) is 0 Å². The van der Waals surface area contributed by atoms with Gasteiger partial charge in [-0.1, -0.05) is 54.1 Å². The summed E-state index contributed by atoms with van der Waals surface area (Å²) in [6, 6.07) is 24.7. The molecule has 160 valence electrons. The summed E-state index contributed by atoms with van der Waals surface area (Å²) in [6.07, 6.45) is 1.38. The van der Waals surface area contributed by atoms with E-state index in [2.05, 4.69) is 63.6 Å². The third-order valence-electron chi connectivity index (χ3n) is 5.86. The first-order valence-corrected chi connectivity index (χ1v) is 11.0. The number of carbonyl (C=O) groups excluding carboxylic acids is 1. The lowest BCUT2D eigenvalue weighted by molar-refractivity contribution is -0.120. The number of fused-ring (bicyclic) bond motifs is 1. The van der Waals surface area contributed by atoms with Gasteiger partial charge in [-0.15, -0.1) is 0 Å². The highest BCUT2D eigenvalue weighted by molar-refractivity contribution is 6.30. The molecule has 1 heterocycles. The molecule has 31 heavy (non-hydrogen) atoms. The summed E-state index contributed by atoms with van der Waals surface area (Å²) in [5.41, 5.74) is 5.95. The molecular formula is C26H28ClN3O. The number of nitrogens with zero attached hydrogens (tertiary/aromatic N) is 2. The van der Waals surface area contributed by atoms with Gasteiger partial charge >= 0.3 is 0 Å². The zero-order chi connectivity index (χ0) is 21.8. The number of hydrogen-bond donors (Lipinski definition) is 1. The van der Waals surface area contributed by atoms with Crippen LogP contribution in [0.3, 0.4) is 0 Å². The van der Waals surface area contributed by atoms with Gasteiger partial charge in [0.15, 0.2) is 0 Å². The van der Waals surface area contributed by atoms with Gasteiger partial charge in [0.1, 0.15) is 0 Å². The molecule has 0 saturated carbocycles. The highest BCUT2D eigenvalue weighted by Gasteiger charge is 2.27. The summed E-state index contributed by atoms with van der Waals surface area (Å²) in [5, 5.41) is 3.84. The lowest BCUT2D eigenvalue weighted by Crippen LogP contribution is -2.38. The summed E-state index contributed by atoms with van der Waals surface area (Å²) in [5.74, 6) is 0.0183. The van der Waals surface area contributed by atoms with E-state index in [1.54, 1.807) is 0 Å². The van der Waals surface area contributed by atoms with Crippen LogP contribution in [0, 0.1) is 0 Å². The van der Waals surface area contributed by atoms with E-state index < -0.39 is 0 Å². The Balaban J connectivity index is 1.52. The third kappa shape index (κ3) is 5.02. The van der Waals surface area contributed by atoms with Crippen molar-refractivity contribution in [3.63, 3.8) is 0 Å². The Morgan fingerprint density at radius 1 is 1.03 bits per heavy atom. The average Bonchev–Trinajstić information content (AvgIpc) is 3.20. The Kier molecular flexibility index (Phi) is 6.47. The van der Waals surface area contributed by atoms with Crippen LogP contribution in [0.1, 0.15) is 22.7 Å². The van der Waals surface area contributed by atoms with Crippen molar-refractivity contribution in [3.05, 3.63) is 94.5 Å². The van der Waals surface area contributed by atoms with Crippen LogP contribution in [-0.2, 0) is 17.6 Å². The molecule has 0 fully saturated rings. The fourth-order valence-electron chi connectivity index (χ4n) is 4.15. The first-order valence-electron chi connectivity index (χ1n) is 10.6. The molecule has 4 nitrogen and oxygen atoms in total. The maximum atomic E-state index is 12.7. The molecule has 0 saturated heterocycles. The largest absolute Gasteiger partial charge is 0.378 e. The van der Waals surface area contributed by atoms with Gasteiger partial charge in [0.05, 0.1) is 12.5 Å². The summed E-state index contributed by atoms with van der Waals surface area (Å²) < 4.78 is 0. The van der Waals surface area contributed by atoms with Gasteiger partial charge in [-0.25, -0.2) is 0 Å². The molecule has 4 rings (SSSR count). The molecule has 3 aromatic carbocycles. The molecule has 3 aromatic rings. The number of hydrogen-bond acceptors (Lipinski definition) is 3. The molecule has 0 bridgehead atoms. The van der Waals surface area contributed by atoms with E-state index >= 15 is 0 Å². The van der Waals surface area contributed by atoms with Crippen molar-refractivity contribution in [3.8, 4) is 0 Å². The van der Waals surface area contributed by atoms with Crippen LogP contribution in [0.25, 0.3) is 0 Å². The fraction of sp³-hybridized carbons (Fsp3) is 0.269. The molecular weight excluding hydrogens is 406 g/mol. The molecule has 1 aliphatic heterocycles. The number of para-hydroxylation sites is 1. The van der Waals surface area contributed by atoms with Crippen LogP contribution in [-0.4, -0.2) is 33.1 Å². The molecule has 5 heteroatoms. The molecule has 1 N–H and O–H groups in total. The molecule has 0 aliphatic carbocycles. The first kappa shape index (κ1) is 21.3. The number of carbonyl (C=O) groups is 1. The van der Waals surface area contributed by atoms with E-state index in [-0.39, 0.29) is 11.9 Å². The number of rotatable bonds is 7. The van der Waals surface area contributed by atoms with Gasteiger partial charge in [-0.05, 0) is 53.4 Å². The van der Waals surface area contributed by atoms with E-state index in [4.69, 9.17) is 11.6 Å².